The Morgan fingerprint density at radius 1 is 1.30 bits per heavy atom. The van der Waals surface area contributed by atoms with E-state index in [1.807, 2.05) is 24.3 Å². The molecule has 1 heterocycles. The van der Waals surface area contributed by atoms with Crippen LogP contribution in [-0.2, 0) is 11.3 Å². The van der Waals surface area contributed by atoms with Crippen LogP contribution in [0.5, 0.6) is 5.75 Å². The smallest absolute Gasteiger partial charge is 0.220 e. The molecule has 122 valence electrons. The first-order chi connectivity index (χ1) is 11.3. The molecule has 0 atom stereocenters. The van der Waals surface area contributed by atoms with Gasteiger partial charge >= 0.3 is 0 Å². The van der Waals surface area contributed by atoms with Gasteiger partial charge in [-0.25, -0.2) is 0 Å². The lowest BCUT2D eigenvalue weighted by Gasteiger charge is -2.10. The highest BCUT2D eigenvalue weighted by Crippen LogP contribution is 2.27. The van der Waals surface area contributed by atoms with Gasteiger partial charge in [-0.05, 0) is 53.5 Å². The number of ether oxygens (including phenoxy) is 1. The Morgan fingerprint density at radius 3 is 2.74 bits per heavy atom. The quantitative estimate of drug-likeness (QED) is 0.880. The molecular formula is C16H21N5O2. The summed E-state index contributed by atoms with van der Waals surface area (Å²) < 4.78 is 6.76. The zero-order valence-corrected chi connectivity index (χ0v) is 13.2. The van der Waals surface area contributed by atoms with Gasteiger partial charge in [0.1, 0.15) is 5.75 Å². The molecule has 23 heavy (non-hydrogen) atoms. The summed E-state index contributed by atoms with van der Waals surface area (Å²) in [6.07, 6.45) is 5.42. The summed E-state index contributed by atoms with van der Waals surface area (Å²) in [4.78, 5) is 12.0. The summed E-state index contributed by atoms with van der Waals surface area (Å²) in [5.74, 6) is 1.98. The van der Waals surface area contributed by atoms with E-state index in [0.717, 1.165) is 24.3 Å². The molecule has 1 fully saturated rings. The van der Waals surface area contributed by atoms with E-state index in [9.17, 15) is 4.79 Å². The van der Waals surface area contributed by atoms with Gasteiger partial charge in [-0.3, -0.25) is 4.79 Å². The maximum atomic E-state index is 12.0. The topological polar surface area (TPSA) is 81.9 Å². The third kappa shape index (κ3) is 3.85. The molecule has 7 heteroatoms. The first-order valence-corrected chi connectivity index (χ1v) is 7.94. The summed E-state index contributed by atoms with van der Waals surface area (Å²) in [6, 6.07) is 7.44. The van der Waals surface area contributed by atoms with E-state index in [1.54, 1.807) is 11.8 Å². The summed E-state index contributed by atoms with van der Waals surface area (Å²) >= 11 is 0. The average molecular weight is 315 g/mol. The SMILES string of the molecule is COc1ccc(-n2nnnc2CNC(=O)CC2CCCC2)cc1. The maximum Gasteiger partial charge on any atom is 0.220 e. The van der Waals surface area contributed by atoms with Crippen molar-refractivity contribution in [1.82, 2.24) is 25.5 Å². The molecule has 7 nitrogen and oxygen atoms in total. The predicted molar refractivity (Wildman–Crippen MR) is 84.1 cm³/mol. The lowest BCUT2D eigenvalue weighted by molar-refractivity contribution is -0.122. The van der Waals surface area contributed by atoms with Crippen LogP contribution >= 0.6 is 0 Å². The highest BCUT2D eigenvalue weighted by atomic mass is 16.5. The fraction of sp³-hybridized carbons (Fsp3) is 0.500. The van der Waals surface area contributed by atoms with Crippen molar-refractivity contribution in [1.29, 1.82) is 0 Å². The van der Waals surface area contributed by atoms with Crippen LogP contribution in [0.15, 0.2) is 24.3 Å². The van der Waals surface area contributed by atoms with E-state index in [2.05, 4.69) is 20.8 Å². The first kappa shape index (κ1) is 15.5. The molecule has 1 N–H and O–H groups in total. The van der Waals surface area contributed by atoms with Crippen molar-refractivity contribution in [3.63, 3.8) is 0 Å². The van der Waals surface area contributed by atoms with Crippen molar-refractivity contribution in [2.24, 2.45) is 5.92 Å². The number of nitrogens with one attached hydrogen (secondary N) is 1. The number of hydrogen-bond donors (Lipinski definition) is 1. The molecule has 1 aromatic heterocycles. The van der Waals surface area contributed by atoms with Crippen LogP contribution < -0.4 is 10.1 Å². The Balaban J connectivity index is 1.60. The van der Waals surface area contributed by atoms with Crippen LogP contribution in [0.4, 0.5) is 0 Å². The number of amides is 1. The Bertz CT molecular complexity index is 647. The molecule has 1 aromatic carbocycles. The molecule has 3 rings (SSSR count). The van der Waals surface area contributed by atoms with Crippen LogP contribution in [0, 0.1) is 5.92 Å². The Morgan fingerprint density at radius 2 is 2.04 bits per heavy atom. The van der Waals surface area contributed by atoms with E-state index >= 15 is 0 Å². The van der Waals surface area contributed by atoms with Gasteiger partial charge in [0, 0.05) is 6.42 Å². The minimum atomic E-state index is 0.0705. The number of carbonyl (C=O) groups is 1. The largest absolute Gasteiger partial charge is 0.497 e. The van der Waals surface area contributed by atoms with Gasteiger partial charge in [-0.2, -0.15) is 4.68 Å². The van der Waals surface area contributed by atoms with Crippen molar-refractivity contribution < 1.29 is 9.53 Å². The number of tetrazole rings is 1. The number of rotatable bonds is 6. The summed E-state index contributed by atoms with van der Waals surface area (Å²) in [5.41, 5.74) is 0.829. The van der Waals surface area contributed by atoms with E-state index < -0.39 is 0 Å². The second-order valence-electron chi connectivity index (χ2n) is 5.84. The van der Waals surface area contributed by atoms with Crippen LogP contribution in [0.2, 0.25) is 0 Å². The fourth-order valence-electron chi connectivity index (χ4n) is 2.97. The van der Waals surface area contributed by atoms with Crippen LogP contribution in [-0.4, -0.2) is 33.2 Å². The number of methoxy groups -OCH3 is 1. The zero-order chi connectivity index (χ0) is 16.1. The number of benzene rings is 1. The predicted octanol–water partition coefficient (Wildman–Crippen LogP) is 1.87. The van der Waals surface area contributed by atoms with Crippen LogP contribution in [0.1, 0.15) is 37.9 Å². The average Bonchev–Trinajstić information content (AvgIpc) is 3.24. The third-order valence-electron chi connectivity index (χ3n) is 4.24. The Kier molecular flexibility index (Phi) is 4.85. The minimum absolute atomic E-state index is 0.0705. The number of hydrogen-bond acceptors (Lipinski definition) is 5. The lowest BCUT2D eigenvalue weighted by Crippen LogP contribution is -2.26. The van der Waals surface area contributed by atoms with Gasteiger partial charge in [0.2, 0.25) is 5.91 Å². The van der Waals surface area contributed by atoms with Crippen molar-refractivity contribution >= 4 is 5.91 Å². The van der Waals surface area contributed by atoms with E-state index in [0.29, 0.717) is 24.7 Å². The third-order valence-corrected chi connectivity index (χ3v) is 4.24. The molecule has 1 amide bonds. The summed E-state index contributed by atoms with van der Waals surface area (Å²) in [6.45, 7) is 0.324. The van der Waals surface area contributed by atoms with E-state index in [1.165, 1.54) is 12.8 Å². The van der Waals surface area contributed by atoms with Crippen molar-refractivity contribution in [2.75, 3.05) is 7.11 Å². The molecule has 0 saturated heterocycles. The zero-order valence-electron chi connectivity index (χ0n) is 13.2. The normalized spacial score (nSPS) is 14.8. The molecular weight excluding hydrogens is 294 g/mol. The van der Waals surface area contributed by atoms with Crippen LogP contribution in [0.25, 0.3) is 5.69 Å². The fourth-order valence-corrected chi connectivity index (χ4v) is 2.97. The van der Waals surface area contributed by atoms with Gasteiger partial charge in [-0.1, -0.05) is 12.8 Å². The molecule has 0 bridgehead atoms. The maximum absolute atomic E-state index is 12.0. The van der Waals surface area contributed by atoms with Crippen molar-refractivity contribution in [3.05, 3.63) is 30.1 Å². The molecule has 0 aliphatic heterocycles. The molecule has 1 saturated carbocycles. The van der Waals surface area contributed by atoms with E-state index in [4.69, 9.17) is 4.74 Å². The van der Waals surface area contributed by atoms with Gasteiger partial charge in [0.05, 0.1) is 19.3 Å². The van der Waals surface area contributed by atoms with Gasteiger partial charge in [0.15, 0.2) is 5.82 Å². The number of carbonyl (C=O) groups excluding carboxylic acids is 1. The second kappa shape index (κ2) is 7.21. The molecule has 0 radical (unpaired) electrons. The van der Waals surface area contributed by atoms with Gasteiger partial charge in [0.25, 0.3) is 0 Å². The molecule has 0 spiro atoms. The number of aromatic nitrogens is 4. The molecule has 0 unspecified atom stereocenters. The molecule has 2 aromatic rings. The highest BCUT2D eigenvalue weighted by molar-refractivity contribution is 5.76. The minimum Gasteiger partial charge on any atom is -0.497 e. The molecule has 1 aliphatic carbocycles. The van der Waals surface area contributed by atoms with E-state index in [-0.39, 0.29) is 5.91 Å². The first-order valence-electron chi connectivity index (χ1n) is 7.94. The van der Waals surface area contributed by atoms with Gasteiger partial charge < -0.3 is 10.1 Å². The summed E-state index contributed by atoms with van der Waals surface area (Å²) in [7, 11) is 1.62. The van der Waals surface area contributed by atoms with Crippen molar-refractivity contribution in [2.45, 2.75) is 38.6 Å². The van der Waals surface area contributed by atoms with Gasteiger partial charge in [-0.15, -0.1) is 5.10 Å². The second-order valence-corrected chi connectivity index (χ2v) is 5.84. The monoisotopic (exact) mass is 315 g/mol. The Labute approximate surface area is 135 Å². The highest BCUT2D eigenvalue weighted by Gasteiger charge is 2.18. The summed E-state index contributed by atoms with van der Waals surface area (Å²) in [5, 5.41) is 14.6. The standard InChI is InChI=1S/C16H21N5O2/c1-23-14-8-6-13(7-9-14)21-15(18-19-20-21)11-17-16(22)10-12-4-2-3-5-12/h6-9,12H,2-5,10-11H2,1H3,(H,17,22). The molecule has 1 aliphatic rings. The van der Waals surface area contributed by atoms with Crippen molar-refractivity contribution in [3.8, 4) is 11.4 Å². The van der Waals surface area contributed by atoms with Crippen LogP contribution in [0.3, 0.4) is 0 Å². The lowest BCUT2D eigenvalue weighted by atomic mass is 10.0. The Hall–Kier alpha value is -2.44. The number of nitrogens with zero attached hydrogens (tertiary/aromatic N) is 4.